The first-order valence-electron chi connectivity index (χ1n) is 15.9. The minimum atomic E-state index is -0.161. The number of fused-ring (bicyclic) bond motifs is 6. The van der Waals surface area contributed by atoms with Gasteiger partial charge in [0, 0.05) is 16.3 Å². The summed E-state index contributed by atoms with van der Waals surface area (Å²) in [4.78, 5) is 5.18. The fourth-order valence-corrected chi connectivity index (χ4v) is 7.34. The van der Waals surface area contributed by atoms with Crippen molar-refractivity contribution in [2.45, 2.75) is 5.11 Å². The van der Waals surface area contributed by atoms with Gasteiger partial charge in [0.05, 0.1) is 46.1 Å². The highest BCUT2D eigenvalue weighted by atomic mass is 16.3. The fourth-order valence-electron chi connectivity index (χ4n) is 7.34. The smallest absolute Gasteiger partial charge is 0.136 e. The molecule has 0 fully saturated rings. The average molecular weight is 586 g/mol. The predicted molar refractivity (Wildman–Crippen MR) is 202 cm³/mol. The maximum Gasteiger partial charge on any atom is 0.136 e. The predicted octanol–water partition coefficient (Wildman–Crippen LogP) is 7.57. The molecule has 9 aromatic rings. The molecule has 0 bridgehead atoms. The van der Waals surface area contributed by atoms with Gasteiger partial charge in [0.2, 0.25) is 0 Å². The second-order valence-corrected chi connectivity index (χ2v) is 13.1. The van der Waals surface area contributed by atoms with Crippen molar-refractivity contribution in [1.82, 2.24) is 9.55 Å². The molecule has 214 valence electrons. The number of hydrogen-bond donors (Lipinski definition) is 0. The third kappa shape index (κ3) is 3.93. The van der Waals surface area contributed by atoms with Crippen LogP contribution in [0.3, 0.4) is 0 Å². The van der Waals surface area contributed by atoms with E-state index in [1.165, 1.54) is 43.8 Å². The van der Waals surface area contributed by atoms with Crippen molar-refractivity contribution in [3.8, 4) is 27.9 Å². The van der Waals surface area contributed by atoms with E-state index in [4.69, 9.17) is 9.40 Å². The summed E-state index contributed by atoms with van der Waals surface area (Å²) >= 11 is 0. The second kappa shape index (κ2) is 10.0. The lowest BCUT2D eigenvalue weighted by molar-refractivity contribution is 0.669. The van der Waals surface area contributed by atoms with Crippen molar-refractivity contribution in [2.75, 3.05) is 0 Å². The Bertz CT molecular complexity index is 2590. The number of rotatable bonds is 4. The van der Waals surface area contributed by atoms with E-state index in [2.05, 4.69) is 162 Å². The standard InChI is InChI=1S/C40H29B3N2O/c41-40(42,43)39-44-31-19-7-9-21-33(31)45(39)32-20-8-5-16-28(32)36-24-12-1-3-14-26(24)37(27-15-4-2-13-25(27)36)30-18-11-23-35-38(30)29-17-6-10-22-34(29)46-35/h1-23H,41-43H2. The molecule has 0 amide bonds. The molecule has 0 aliphatic carbocycles. The molecule has 9 rings (SSSR count). The lowest BCUT2D eigenvalue weighted by Gasteiger charge is -2.24. The number of hydrogen-bond acceptors (Lipinski definition) is 2. The van der Waals surface area contributed by atoms with Crippen LogP contribution in [0.15, 0.2) is 144 Å². The van der Waals surface area contributed by atoms with Crippen molar-refractivity contribution < 1.29 is 4.42 Å². The third-order valence-electron chi connectivity index (χ3n) is 9.25. The minimum absolute atomic E-state index is 0.161. The molecular weight excluding hydrogens is 557 g/mol. The largest absolute Gasteiger partial charge is 0.456 e. The summed E-state index contributed by atoms with van der Waals surface area (Å²) in [6.45, 7) is 0. The molecule has 3 nitrogen and oxygen atoms in total. The van der Waals surface area contributed by atoms with Crippen LogP contribution in [0.1, 0.15) is 5.82 Å². The summed E-state index contributed by atoms with van der Waals surface area (Å²) in [7, 11) is 6.73. The molecule has 0 aliphatic heterocycles. The van der Waals surface area contributed by atoms with E-state index in [9.17, 15) is 0 Å². The molecule has 6 heteroatoms. The third-order valence-corrected chi connectivity index (χ3v) is 9.25. The first kappa shape index (κ1) is 26.9. The van der Waals surface area contributed by atoms with Gasteiger partial charge >= 0.3 is 0 Å². The van der Waals surface area contributed by atoms with Crippen LogP contribution in [-0.4, -0.2) is 33.1 Å². The van der Waals surface area contributed by atoms with E-state index < -0.39 is 0 Å². The Labute approximate surface area is 269 Å². The van der Waals surface area contributed by atoms with Gasteiger partial charge in [-0.05, 0) is 68.6 Å². The highest BCUT2D eigenvalue weighted by Gasteiger charge is 2.26. The summed E-state index contributed by atoms with van der Waals surface area (Å²) in [6.07, 6.45) is 0. The first-order chi connectivity index (χ1) is 22.5. The van der Waals surface area contributed by atoms with Crippen LogP contribution in [0.25, 0.3) is 82.5 Å². The van der Waals surface area contributed by atoms with E-state index >= 15 is 0 Å². The van der Waals surface area contributed by atoms with Crippen LogP contribution in [0.5, 0.6) is 0 Å². The van der Waals surface area contributed by atoms with Gasteiger partial charge in [-0.2, -0.15) is 0 Å². The van der Waals surface area contributed by atoms with Crippen molar-refractivity contribution in [1.29, 1.82) is 0 Å². The highest BCUT2D eigenvalue weighted by Crippen LogP contribution is 2.48. The highest BCUT2D eigenvalue weighted by molar-refractivity contribution is 6.58. The van der Waals surface area contributed by atoms with Crippen LogP contribution in [0, 0.1) is 0 Å². The summed E-state index contributed by atoms with van der Waals surface area (Å²) in [6, 6.07) is 49.8. The topological polar surface area (TPSA) is 31.0 Å². The maximum absolute atomic E-state index is 6.35. The number of benzene rings is 7. The molecule has 0 spiro atoms. The lowest BCUT2D eigenvalue weighted by Crippen LogP contribution is -2.31. The Kier molecular flexibility index (Phi) is 5.85. The van der Waals surface area contributed by atoms with Crippen LogP contribution in [0.4, 0.5) is 0 Å². The average Bonchev–Trinajstić information content (AvgIpc) is 3.67. The van der Waals surface area contributed by atoms with Crippen LogP contribution >= 0.6 is 0 Å². The van der Waals surface area contributed by atoms with Crippen LogP contribution in [0.2, 0.25) is 0 Å². The second-order valence-electron chi connectivity index (χ2n) is 13.1. The summed E-state index contributed by atoms with van der Waals surface area (Å²) < 4.78 is 8.73. The Morgan fingerprint density at radius 1 is 0.500 bits per heavy atom. The summed E-state index contributed by atoms with van der Waals surface area (Å²) in [5, 5.41) is 7.00. The Balaban J connectivity index is 1.43. The van der Waals surface area contributed by atoms with Gasteiger partial charge < -0.3 is 4.42 Å². The Morgan fingerprint density at radius 2 is 1.02 bits per heavy atom. The van der Waals surface area contributed by atoms with Crippen LogP contribution < -0.4 is 0 Å². The molecule has 46 heavy (non-hydrogen) atoms. The van der Waals surface area contributed by atoms with E-state index in [0.29, 0.717) is 0 Å². The van der Waals surface area contributed by atoms with Crippen molar-refractivity contribution in [3.63, 3.8) is 0 Å². The lowest BCUT2D eigenvalue weighted by atomic mass is 9.42. The fraction of sp³-hybridized carbons (Fsp3) is 0.0250. The monoisotopic (exact) mass is 586 g/mol. The van der Waals surface area contributed by atoms with E-state index in [0.717, 1.165) is 44.5 Å². The quantitative estimate of drug-likeness (QED) is 0.157. The molecular formula is C40H29B3N2O. The van der Waals surface area contributed by atoms with Gasteiger partial charge in [-0.3, -0.25) is 4.57 Å². The zero-order valence-electron chi connectivity index (χ0n) is 26.1. The Hall–Kier alpha value is -5.48. The van der Waals surface area contributed by atoms with Gasteiger partial charge in [-0.15, -0.1) is 0 Å². The molecule has 2 heterocycles. The molecule has 0 atom stereocenters. The molecule has 0 N–H and O–H groups in total. The zero-order valence-corrected chi connectivity index (χ0v) is 26.1. The van der Waals surface area contributed by atoms with Gasteiger partial charge in [0.15, 0.2) is 0 Å². The number of imidazole rings is 1. The van der Waals surface area contributed by atoms with E-state index in [1.807, 2.05) is 6.07 Å². The number of nitrogens with zero attached hydrogens (tertiary/aromatic N) is 2. The Morgan fingerprint density at radius 3 is 1.72 bits per heavy atom. The molecule has 0 unspecified atom stereocenters. The van der Waals surface area contributed by atoms with Crippen LogP contribution in [-0.2, 0) is 5.11 Å². The van der Waals surface area contributed by atoms with Crippen molar-refractivity contribution in [3.05, 3.63) is 145 Å². The van der Waals surface area contributed by atoms with Gasteiger partial charge in [0.25, 0.3) is 0 Å². The minimum Gasteiger partial charge on any atom is -0.456 e. The van der Waals surface area contributed by atoms with E-state index in [-0.39, 0.29) is 5.11 Å². The number of para-hydroxylation sites is 4. The molecule has 0 saturated carbocycles. The van der Waals surface area contributed by atoms with Gasteiger partial charge in [0.1, 0.15) is 11.2 Å². The number of aromatic nitrogens is 2. The number of furan rings is 1. The molecule has 2 aromatic heterocycles. The molecule has 0 aliphatic rings. The van der Waals surface area contributed by atoms with Gasteiger partial charge in [-0.1, -0.05) is 114 Å². The first-order valence-corrected chi connectivity index (χ1v) is 15.9. The summed E-state index contributed by atoms with van der Waals surface area (Å²) in [5.74, 6) is 1.05. The zero-order chi connectivity index (χ0) is 31.0. The molecule has 0 saturated heterocycles. The SMILES string of the molecule is BC(B)(B)c1nc2ccccc2n1-c1ccccc1-c1c2ccccc2c(-c2cccc3oc4ccccc4c23)c2ccccc12. The van der Waals surface area contributed by atoms with E-state index in [1.54, 1.807) is 0 Å². The molecule has 7 aromatic carbocycles. The molecule has 0 radical (unpaired) electrons. The van der Waals surface area contributed by atoms with Crippen molar-refractivity contribution >= 4 is 78.1 Å². The normalized spacial score (nSPS) is 12.2. The van der Waals surface area contributed by atoms with Crippen molar-refractivity contribution in [2.24, 2.45) is 0 Å². The van der Waals surface area contributed by atoms with Gasteiger partial charge in [-0.25, -0.2) is 4.98 Å². The summed E-state index contributed by atoms with van der Waals surface area (Å²) in [5.41, 5.74) is 9.89. The maximum atomic E-state index is 6.35.